The molecule has 1 heterocycles. The lowest BCUT2D eigenvalue weighted by Crippen LogP contribution is -2.48. The van der Waals surface area contributed by atoms with E-state index in [2.05, 4.69) is 10.2 Å². The van der Waals surface area contributed by atoms with Crippen LogP contribution >= 0.6 is 0 Å². The van der Waals surface area contributed by atoms with Gasteiger partial charge in [-0.2, -0.15) is 0 Å². The second-order valence-corrected chi connectivity index (χ2v) is 7.66. The minimum atomic E-state index is 0.0468. The van der Waals surface area contributed by atoms with Crippen molar-refractivity contribution in [2.45, 2.75) is 26.2 Å². The number of ether oxygens (including phenoxy) is 1. The van der Waals surface area contributed by atoms with Gasteiger partial charge >= 0.3 is 0 Å². The molecule has 0 unspecified atom stereocenters. The summed E-state index contributed by atoms with van der Waals surface area (Å²) >= 11 is 0. The third-order valence-corrected chi connectivity index (χ3v) is 5.52. The number of rotatable bonds is 8. The van der Waals surface area contributed by atoms with Crippen molar-refractivity contribution in [3.8, 4) is 16.9 Å². The van der Waals surface area contributed by atoms with Crippen LogP contribution in [-0.4, -0.2) is 61.4 Å². The van der Waals surface area contributed by atoms with Gasteiger partial charge in [0.1, 0.15) is 5.75 Å². The molecule has 0 aliphatic carbocycles. The van der Waals surface area contributed by atoms with E-state index in [1.807, 2.05) is 53.4 Å². The first-order valence-electron chi connectivity index (χ1n) is 10.6. The summed E-state index contributed by atoms with van der Waals surface area (Å²) in [5.41, 5.74) is 2.97. The molecular weight excluding hydrogens is 378 g/mol. The Morgan fingerprint density at radius 3 is 2.37 bits per heavy atom. The van der Waals surface area contributed by atoms with E-state index in [1.165, 1.54) is 0 Å². The highest BCUT2D eigenvalue weighted by molar-refractivity contribution is 5.91. The maximum absolute atomic E-state index is 12.2. The maximum atomic E-state index is 12.2. The number of amides is 2. The average molecular weight is 410 g/mol. The number of carbonyl (C=O) groups excluding carboxylic acids is 2. The highest BCUT2D eigenvalue weighted by Crippen LogP contribution is 2.25. The Morgan fingerprint density at radius 2 is 1.70 bits per heavy atom. The molecule has 1 N–H and O–H groups in total. The Balaban J connectivity index is 1.37. The number of piperazine rings is 1. The SMILES string of the molecule is COc1cccc(-c2ccc(NC(=O)CCCCN3CCN(C(C)=O)CC3)cc2)c1. The van der Waals surface area contributed by atoms with Crippen LogP contribution in [0.15, 0.2) is 48.5 Å². The summed E-state index contributed by atoms with van der Waals surface area (Å²) in [7, 11) is 1.66. The van der Waals surface area contributed by atoms with Gasteiger partial charge in [-0.15, -0.1) is 0 Å². The van der Waals surface area contributed by atoms with E-state index in [0.29, 0.717) is 6.42 Å². The number of nitrogens with one attached hydrogen (secondary N) is 1. The number of hydrogen-bond acceptors (Lipinski definition) is 4. The number of hydrogen-bond donors (Lipinski definition) is 1. The van der Waals surface area contributed by atoms with Crippen molar-refractivity contribution >= 4 is 17.5 Å². The smallest absolute Gasteiger partial charge is 0.224 e. The number of nitrogens with zero attached hydrogens (tertiary/aromatic N) is 2. The molecule has 3 rings (SSSR count). The van der Waals surface area contributed by atoms with Gasteiger partial charge in [-0.1, -0.05) is 24.3 Å². The molecule has 0 bridgehead atoms. The zero-order chi connectivity index (χ0) is 21.3. The van der Waals surface area contributed by atoms with E-state index in [-0.39, 0.29) is 11.8 Å². The van der Waals surface area contributed by atoms with Gasteiger partial charge in [0.05, 0.1) is 7.11 Å². The van der Waals surface area contributed by atoms with Crippen LogP contribution in [0.4, 0.5) is 5.69 Å². The molecule has 1 aliphatic heterocycles. The zero-order valence-electron chi connectivity index (χ0n) is 17.9. The molecule has 6 heteroatoms. The molecule has 2 aromatic carbocycles. The van der Waals surface area contributed by atoms with Crippen LogP contribution in [0.2, 0.25) is 0 Å². The monoisotopic (exact) mass is 409 g/mol. The van der Waals surface area contributed by atoms with Crippen molar-refractivity contribution in [1.29, 1.82) is 0 Å². The van der Waals surface area contributed by atoms with E-state index in [4.69, 9.17) is 4.74 Å². The predicted octanol–water partition coefficient (Wildman–Crippen LogP) is 3.64. The van der Waals surface area contributed by atoms with Crippen molar-refractivity contribution < 1.29 is 14.3 Å². The van der Waals surface area contributed by atoms with Crippen molar-refractivity contribution in [2.24, 2.45) is 0 Å². The van der Waals surface area contributed by atoms with E-state index < -0.39 is 0 Å². The number of unbranched alkanes of at least 4 members (excludes halogenated alkanes) is 1. The van der Waals surface area contributed by atoms with Gasteiger partial charge in [0.25, 0.3) is 0 Å². The lowest BCUT2D eigenvalue weighted by Gasteiger charge is -2.34. The van der Waals surface area contributed by atoms with Gasteiger partial charge < -0.3 is 15.0 Å². The van der Waals surface area contributed by atoms with Crippen molar-refractivity contribution in [3.63, 3.8) is 0 Å². The van der Waals surface area contributed by atoms with Gasteiger partial charge in [-0.05, 0) is 54.8 Å². The number of methoxy groups -OCH3 is 1. The van der Waals surface area contributed by atoms with Crippen LogP contribution < -0.4 is 10.1 Å². The number of benzene rings is 2. The highest BCUT2D eigenvalue weighted by Gasteiger charge is 2.17. The fourth-order valence-corrected chi connectivity index (χ4v) is 3.68. The summed E-state index contributed by atoms with van der Waals surface area (Å²) in [5.74, 6) is 1.03. The summed E-state index contributed by atoms with van der Waals surface area (Å²) in [6, 6.07) is 15.8. The molecule has 2 amide bonds. The fraction of sp³-hybridized carbons (Fsp3) is 0.417. The Labute approximate surface area is 178 Å². The second kappa shape index (κ2) is 10.8. The molecule has 160 valence electrons. The van der Waals surface area contributed by atoms with E-state index >= 15 is 0 Å². The first-order valence-corrected chi connectivity index (χ1v) is 10.6. The summed E-state index contributed by atoms with van der Waals surface area (Å²) in [4.78, 5) is 27.9. The van der Waals surface area contributed by atoms with Crippen LogP contribution in [0, 0.1) is 0 Å². The van der Waals surface area contributed by atoms with Crippen molar-refractivity contribution in [3.05, 3.63) is 48.5 Å². The van der Waals surface area contributed by atoms with Gasteiger partial charge in [-0.25, -0.2) is 0 Å². The van der Waals surface area contributed by atoms with Crippen LogP contribution in [-0.2, 0) is 9.59 Å². The molecule has 1 fully saturated rings. The highest BCUT2D eigenvalue weighted by atomic mass is 16.5. The van der Waals surface area contributed by atoms with Gasteiger partial charge in [-0.3, -0.25) is 14.5 Å². The largest absolute Gasteiger partial charge is 0.497 e. The Kier molecular flexibility index (Phi) is 7.85. The van der Waals surface area contributed by atoms with Crippen molar-refractivity contribution in [1.82, 2.24) is 9.80 Å². The predicted molar refractivity (Wildman–Crippen MR) is 120 cm³/mol. The van der Waals surface area contributed by atoms with Crippen molar-refractivity contribution in [2.75, 3.05) is 45.2 Å². The lowest BCUT2D eigenvalue weighted by atomic mass is 10.1. The van der Waals surface area contributed by atoms with E-state index in [1.54, 1.807) is 14.0 Å². The quantitative estimate of drug-likeness (QED) is 0.677. The molecule has 30 heavy (non-hydrogen) atoms. The van der Waals surface area contributed by atoms with E-state index in [0.717, 1.165) is 68.1 Å². The van der Waals surface area contributed by atoms with Crippen LogP contribution in [0.25, 0.3) is 11.1 Å². The number of anilines is 1. The topological polar surface area (TPSA) is 61.9 Å². The van der Waals surface area contributed by atoms with Crippen LogP contribution in [0.1, 0.15) is 26.2 Å². The minimum Gasteiger partial charge on any atom is -0.497 e. The number of carbonyl (C=O) groups is 2. The Bertz CT molecular complexity index is 843. The zero-order valence-corrected chi connectivity index (χ0v) is 17.9. The summed E-state index contributed by atoms with van der Waals surface area (Å²) in [5, 5.41) is 2.98. The van der Waals surface area contributed by atoms with Gasteiger partial charge in [0.15, 0.2) is 0 Å². The molecule has 0 atom stereocenters. The standard InChI is InChI=1S/C24H31N3O3/c1-19(28)27-16-14-26(15-17-27)13-4-3-8-24(29)25-22-11-9-20(10-12-22)21-6-5-7-23(18-21)30-2/h5-7,9-12,18H,3-4,8,13-17H2,1-2H3,(H,25,29). The maximum Gasteiger partial charge on any atom is 0.224 e. The summed E-state index contributed by atoms with van der Waals surface area (Å²) in [6.07, 6.45) is 2.37. The molecule has 1 saturated heterocycles. The van der Waals surface area contributed by atoms with Gasteiger partial charge in [0, 0.05) is 45.2 Å². The third kappa shape index (κ3) is 6.32. The Morgan fingerprint density at radius 1 is 0.967 bits per heavy atom. The second-order valence-electron chi connectivity index (χ2n) is 7.66. The molecule has 2 aromatic rings. The fourth-order valence-electron chi connectivity index (χ4n) is 3.68. The molecule has 1 aliphatic rings. The van der Waals surface area contributed by atoms with Crippen LogP contribution in [0.3, 0.4) is 0 Å². The Hall–Kier alpha value is -2.86. The molecule has 0 saturated carbocycles. The minimum absolute atomic E-state index is 0.0468. The normalized spacial score (nSPS) is 14.4. The van der Waals surface area contributed by atoms with Gasteiger partial charge in [0.2, 0.25) is 11.8 Å². The molecule has 6 nitrogen and oxygen atoms in total. The lowest BCUT2D eigenvalue weighted by molar-refractivity contribution is -0.130. The van der Waals surface area contributed by atoms with Crippen LogP contribution in [0.5, 0.6) is 5.75 Å². The summed E-state index contributed by atoms with van der Waals surface area (Å²) in [6.45, 7) is 6.06. The molecule has 0 radical (unpaired) electrons. The first kappa shape index (κ1) is 21.8. The molecular formula is C24H31N3O3. The van der Waals surface area contributed by atoms with E-state index in [9.17, 15) is 9.59 Å². The average Bonchev–Trinajstić information content (AvgIpc) is 2.77. The third-order valence-electron chi connectivity index (χ3n) is 5.52. The summed E-state index contributed by atoms with van der Waals surface area (Å²) < 4.78 is 5.28. The first-order chi connectivity index (χ1) is 14.5. The molecule has 0 aromatic heterocycles. The molecule has 0 spiro atoms.